The molecule has 0 unspecified atom stereocenters. The van der Waals surface area contributed by atoms with Crippen LogP contribution in [-0.2, 0) is 0 Å². The van der Waals surface area contributed by atoms with E-state index >= 15 is 0 Å². The molecular weight excluding hydrogens is 239 g/mol. The summed E-state index contributed by atoms with van der Waals surface area (Å²) in [5.41, 5.74) is 0.781. The van der Waals surface area contributed by atoms with Gasteiger partial charge in [-0.3, -0.25) is 0 Å². The second kappa shape index (κ2) is 5.89. The van der Waals surface area contributed by atoms with E-state index < -0.39 is 6.36 Å². The number of thioether (sulfide) groups is 1. The van der Waals surface area contributed by atoms with Gasteiger partial charge in [0, 0.05) is 18.0 Å². The molecule has 0 aromatic heterocycles. The monoisotopic (exact) mass is 251 g/mol. The molecule has 90 valence electrons. The van der Waals surface area contributed by atoms with Crippen LogP contribution >= 0.6 is 11.8 Å². The van der Waals surface area contributed by atoms with Gasteiger partial charge in [-0.25, -0.2) is 0 Å². The van der Waals surface area contributed by atoms with Gasteiger partial charge in [-0.05, 0) is 30.5 Å². The molecule has 0 saturated heterocycles. The zero-order valence-corrected chi connectivity index (χ0v) is 9.49. The lowest BCUT2D eigenvalue weighted by Crippen LogP contribution is -2.17. The summed E-state index contributed by atoms with van der Waals surface area (Å²) in [5.74, 6) is 0.740. The molecule has 6 heteroatoms. The lowest BCUT2D eigenvalue weighted by atomic mass is 10.3. The molecule has 0 aliphatic heterocycles. The van der Waals surface area contributed by atoms with Crippen LogP contribution in [0.15, 0.2) is 24.3 Å². The van der Waals surface area contributed by atoms with Crippen molar-refractivity contribution in [2.75, 3.05) is 23.9 Å². The number of ether oxygens (including phenoxy) is 1. The molecule has 0 fully saturated rings. The van der Waals surface area contributed by atoms with Crippen molar-refractivity contribution in [1.29, 1.82) is 0 Å². The van der Waals surface area contributed by atoms with Crippen molar-refractivity contribution in [2.24, 2.45) is 0 Å². The Labute approximate surface area is 96.2 Å². The van der Waals surface area contributed by atoms with E-state index in [9.17, 15) is 13.2 Å². The first kappa shape index (κ1) is 13.0. The minimum absolute atomic E-state index is 0.206. The SMILES string of the molecule is CSCCNc1ccc(OC(F)(F)F)cc1. The predicted molar refractivity (Wildman–Crippen MR) is 60.0 cm³/mol. The van der Waals surface area contributed by atoms with Gasteiger partial charge in [0.1, 0.15) is 5.75 Å². The number of alkyl halides is 3. The van der Waals surface area contributed by atoms with Crippen LogP contribution in [0.2, 0.25) is 0 Å². The molecule has 0 aliphatic carbocycles. The lowest BCUT2D eigenvalue weighted by molar-refractivity contribution is -0.274. The topological polar surface area (TPSA) is 21.3 Å². The Hall–Kier alpha value is -1.04. The van der Waals surface area contributed by atoms with Crippen molar-refractivity contribution < 1.29 is 17.9 Å². The summed E-state index contributed by atoms with van der Waals surface area (Å²) in [6, 6.07) is 5.69. The predicted octanol–water partition coefficient (Wildman–Crippen LogP) is 3.36. The Morgan fingerprint density at radius 1 is 1.25 bits per heavy atom. The largest absolute Gasteiger partial charge is 0.573 e. The van der Waals surface area contributed by atoms with Crippen LogP contribution in [-0.4, -0.2) is 24.9 Å². The molecule has 0 heterocycles. The number of nitrogens with one attached hydrogen (secondary N) is 1. The van der Waals surface area contributed by atoms with E-state index in [4.69, 9.17) is 0 Å². The molecule has 16 heavy (non-hydrogen) atoms. The fourth-order valence-electron chi connectivity index (χ4n) is 1.07. The summed E-state index contributed by atoms with van der Waals surface area (Å²) in [5, 5.41) is 3.08. The molecule has 0 saturated carbocycles. The fraction of sp³-hybridized carbons (Fsp3) is 0.400. The summed E-state index contributed by atoms with van der Waals surface area (Å²) in [6.07, 6.45) is -2.64. The number of rotatable bonds is 5. The summed E-state index contributed by atoms with van der Waals surface area (Å²) in [4.78, 5) is 0. The van der Waals surface area contributed by atoms with Crippen molar-refractivity contribution in [3.63, 3.8) is 0 Å². The summed E-state index contributed by atoms with van der Waals surface area (Å²) in [6.45, 7) is 0.778. The molecule has 1 aromatic carbocycles. The van der Waals surface area contributed by atoms with Crippen LogP contribution in [0.4, 0.5) is 18.9 Å². The van der Waals surface area contributed by atoms with Crippen molar-refractivity contribution >= 4 is 17.4 Å². The first-order valence-corrected chi connectivity index (χ1v) is 5.99. The summed E-state index contributed by atoms with van der Waals surface area (Å²) < 4.78 is 39.3. The summed E-state index contributed by atoms with van der Waals surface area (Å²) in [7, 11) is 0. The maximum atomic E-state index is 11.8. The Bertz CT molecular complexity index is 313. The Morgan fingerprint density at radius 2 is 1.88 bits per heavy atom. The fourth-order valence-corrected chi connectivity index (χ4v) is 1.38. The van der Waals surface area contributed by atoms with E-state index in [1.165, 1.54) is 12.1 Å². The highest BCUT2D eigenvalue weighted by molar-refractivity contribution is 7.98. The summed E-state index contributed by atoms with van der Waals surface area (Å²) >= 11 is 1.70. The molecule has 0 aliphatic rings. The van der Waals surface area contributed by atoms with Crippen molar-refractivity contribution in [3.05, 3.63) is 24.3 Å². The van der Waals surface area contributed by atoms with Crippen molar-refractivity contribution in [1.82, 2.24) is 0 Å². The van der Waals surface area contributed by atoms with Crippen LogP contribution in [0.5, 0.6) is 5.75 Å². The Morgan fingerprint density at radius 3 is 2.38 bits per heavy atom. The van der Waals surface area contributed by atoms with E-state index in [0.29, 0.717) is 0 Å². The van der Waals surface area contributed by atoms with Gasteiger partial charge in [-0.15, -0.1) is 13.2 Å². The zero-order valence-electron chi connectivity index (χ0n) is 8.67. The molecule has 0 radical (unpaired) electrons. The molecule has 1 N–H and O–H groups in total. The van der Waals surface area contributed by atoms with E-state index in [2.05, 4.69) is 10.1 Å². The van der Waals surface area contributed by atoms with Gasteiger partial charge in [0.2, 0.25) is 0 Å². The van der Waals surface area contributed by atoms with Gasteiger partial charge in [0.05, 0.1) is 0 Å². The second-order valence-corrected chi connectivity index (χ2v) is 3.98. The van der Waals surface area contributed by atoms with E-state index in [0.717, 1.165) is 18.0 Å². The van der Waals surface area contributed by atoms with Gasteiger partial charge in [0.25, 0.3) is 0 Å². The molecular formula is C10H12F3NOS. The van der Waals surface area contributed by atoms with Crippen LogP contribution in [0.1, 0.15) is 0 Å². The van der Waals surface area contributed by atoms with Gasteiger partial charge in [0.15, 0.2) is 0 Å². The highest BCUT2D eigenvalue weighted by atomic mass is 32.2. The first-order valence-electron chi connectivity index (χ1n) is 4.60. The molecule has 2 nitrogen and oxygen atoms in total. The third kappa shape index (κ3) is 5.16. The molecule has 0 amide bonds. The van der Waals surface area contributed by atoms with Crippen LogP contribution in [0.3, 0.4) is 0 Å². The van der Waals surface area contributed by atoms with Gasteiger partial charge < -0.3 is 10.1 Å². The average molecular weight is 251 g/mol. The van der Waals surface area contributed by atoms with Gasteiger partial charge >= 0.3 is 6.36 Å². The molecule has 0 bridgehead atoms. The van der Waals surface area contributed by atoms with Crippen LogP contribution in [0, 0.1) is 0 Å². The van der Waals surface area contributed by atoms with Crippen LogP contribution in [0.25, 0.3) is 0 Å². The standard InChI is InChI=1S/C10H12F3NOS/c1-16-7-6-14-8-2-4-9(5-3-8)15-10(11,12)13/h2-5,14H,6-7H2,1H3. The minimum Gasteiger partial charge on any atom is -0.406 e. The highest BCUT2D eigenvalue weighted by Crippen LogP contribution is 2.23. The molecule has 0 spiro atoms. The Kier molecular flexibility index (Phi) is 4.79. The zero-order chi connectivity index (χ0) is 12.0. The molecule has 1 aromatic rings. The van der Waals surface area contributed by atoms with Gasteiger partial charge in [-0.1, -0.05) is 0 Å². The minimum atomic E-state index is -4.63. The third-order valence-electron chi connectivity index (χ3n) is 1.72. The van der Waals surface area contributed by atoms with E-state index in [1.54, 1.807) is 23.9 Å². The van der Waals surface area contributed by atoms with E-state index in [1.807, 2.05) is 6.26 Å². The maximum absolute atomic E-state index is 11.8. The van der Waals surface area contributed by atoms with E-state index in [-0.39, 0.29) is 5.75 Å². The second-order valence-electron chi connectivity index (χ2n) is 2.99. The number of anilines is 1. The smallest absolute Gasteiger partial charge is 0.406 e. The molecule has 1 rings (SSSR count). The number of benzene rings is 1. The highest BCUT2D eigenvalue weighted by Gasteiger charge is 2.30. The third-order valence-corrected chi connectivity index (χ3v) is 2.34. The number of hydrogen-bond donors (Lipinski definition) is 1. The number of hydrogen-bond acceptors (Lipinski definition) is 3. The molecule has 0 atom stereocenters. The number of halogens is 3. The average Bonchev–Trinajstić information content (AvgIpc) is 2.19. The Balaban J connectivity index is 2.48. The first-order chi connectivity index (χ1) is 7.51. The van der Waals surface area contributed by atoms with Gasteiger partial charge in [-0.2, -0.15) is 11.8 Å². The maximum Gasteiger partial charge on any atom is 0.573 e. The van der Waals surface area contributed by atoms with Crippen molar-refractivity contribution in [2.45, 2.75) is 6.36 Å². The normalized spacial score (nSPS) is 11.2. The van der Waals surface area contributed by atoms with Crippen LogP contribution < -0.4 is 10.1 Å². The quantitative estimate of drug-likeness (QED) is 0.811. The van der Waals surface area contributed by atoms with Crippen molar-refractivity contribution in [3.8, 4) is 5.75 Å². The lowest BCUT2D eigenvalue weighted by Gasteiger charge is -2.10.